The Balaban J connectivity index is 1.28. The number of aromatic nitrogens is 1. The first-order valence-corrected chi connectivity index (χ1v) is 9.98. The minimum atomic E-state index is -0.0603. The Kier molecular flexibility index (Phi) is 5.29. The molecular formula is C20H29N3O3. The van der Waals surface area contributed by atoms with Crippen molar-refractivity contribution in [2.75, 3.05) is 39.4 Å². The summed E-state index contributed by atoms with van der Waals surface area (Å²) in [6, 6.07) is 5.95. The van der Waals surface area contributed by atoms with Crippen LogP contribution in [0.25, 0.3) is 0 Å². The van der Waals surface area contributed by atoms with E-state index >= 15 is 0 Å². The molecule has 3 aliphatic heterocycles. The highest BCUT2D eigenvalue weighted by Gasteiger charge is 2.46. The van der Waals surface area contributed by atoms with E-state index in [1.54, 1.807) is 6.20 Å². The van der Waals surface area contributed by atoms with Gasteiger partial charge in [-0.3, -0.25) is 0 Å². The topological polar surface area (TPSA) is 54.9 Å². The van der Waals surface area contributed by atoms with Crippen molar-refractivity contribution in [3.63, 3.8) is 0 Å². The SMILES string of the molecule is O=C(N1CCCC1)N1CCC2(CC1)OCC[C@@H]2CCOc1ccccn1. The van der Waals surface area contributed by atoms with Crippen LogP contribution in [0.4, 0.5) is 4.79 Å². The Morgan fingerprint density at radius 2 is 1.96 bits per heavy atom. The summed E-state index contributed by atoms with van der Waals surface area (Å²) in [4.78, 5) is 20.8. The van der Waals surface area contributed by atoms with Gasteiger partial charge in [-0.15, -0.1) is 0 Å². The highest BCUT2D eigenvalue weighted by atomic mass is 16.5. The van der Waals surface area contributed by atoms with E-state index < -0.39 is 0 Å². The lowest BCUT2D eigenvalue weighted by Crippen LogP contribution is -2.52. The predicted molar refractivity (Wildman–Crippen MR) is 98.1 cm³/mol. The largest absolute Gasteiger partial charge is 0.478 e. The average Bonchev–Trinajstić information content (AvgIpc) is 3.34. The molecule has 0 bridgehead atoms. The summed E-state index contributed by atoms with van der Waals surface area (Å²) < 4.78 is 12.0. The van der Waals surface area contributed by atoms with Gasteiger partial charge in [-0.25, -0.2) is 9.78 Å². The molecule has 6 heteroatoms. The van der Waals surface area contributed by atoms with E-state index in [1.165, 1.54) is 0 Å². The van der Waals surface area contributed by atoms with Crippen LogP contribution in [0.15, 0.2) is 24.4 Å². The van der Waals surface area contributed by atoms with E-state index in [0.717, 1.165) is 71.3 Å². The van der Waals surface area contributed by atoms with Crippen LogP contribution < -0.4 is 4.74 Å². The van der Waals surface area contributed by atoms with Crippen molar-refractivity contribution in [3.05, 3.63) is 24.4 Å². The summed E-state index contributed by atoms with van der Waals surface area (Å²) in [5.74, 6) is 1.20. The van der Waals surface area contributed by atoms with Crippen molar-refractivity contribution in [2.45, 2.75) is 44.1 Å². The third-order valence-corrected chi connectivity index (χ3v) is 6.21. The van der Waals surface area contributed by atoms with E-state index in [1.807, 2.05) is 28.0 Å². The first-order chi connectivity index (χ1) is 12.8. The highest BCUT2D eigenvalue weighted by Crippen LogP contribution is 2.42. The molecule has 4 rings (SSSR count). The maximum absolute atomic E-state index is 12.6. The maximum Gasteiger partial charge on any atom is 0.320 e. The number of pyridine rings is 1. The lowest BCUT2D eigenvalue weighted by molar-refractivity contribution is -0.0646. The zero-order chi connectivity index (χ0) is 17.8. The van der Waals surface area contributed by atoms with Gasteiger partial charge in [0.2, 0.25) is 5.88 Å². The summed E-state index contributed by atoms with van der Waals surface area (Å²) in [7, 11) is 0. The Labute approximate surface area is 155 Å². The molecule has 0 aliphatic carbocycles. The van der Waals surface area contributed by atoms with Gasteiger partial charge in [-0.1, -0.05) is 6.07 Å². The summed E-state index contributed by atoms with van der Waals surface area (Å²) >= 11 is 0. The van der Waals surface area contributed by atoms with Crippen molar-refractivity contribution in [1.82, 2.24) is 14.8 Å². The molecule has 0 aromatic carbocycles. The third-order valence-electron chi connectivity index (χ3n) is 6.21. The van der Waals surface area contributed by atoms with E-state index in [9.17, 15) is 4.79 Å². The number of nitrogens with zero attached hydrogens (tertiary/aromatic N) is 3. The number of piperidine rings is 1. The van der Waals surface area contributed by atoms with E-state index in [-0.39, 0.29) is 11.6 Å². The van der Waals surface area contributed by atoms with Crippen molar-refractivity contribution < 1.29 is 14.3 Å². The van der Waals surface area contributed by atoms with Gasteiger partial charge in [-0.05, 0) is 50.5 Å². The molecule has 0 radical (unpaired) electrons. The third kappa shape index (κ3) is 3.65. The van der Waals surface area contributed by atoms with Crippen LogP contribution in [-0.2, 0) is 4.74 Å². The summed E-state index contributed by atoms with van der Waals surface area (Å²) in [5.41, 5.74) is -0.0603. The molecule has 0 unspecified atom stereocenters. The van der Waals surface area contributed by atoms with Crippen molar-refractivity contribution in [2.24, 2.45) is 5.92 Å². The van der Waals surface area contributed by atoms with Crippen LogP contribution >= 0.6 is 0 Å². The van der Waals surface area contributed by atoms with E-state index in [2.05, 4.69) is 4.98 Å². The predicted octanol–water partition coefficient (Wildman–Crippen LogP) is 2.94. The fourth-order valence-corrected chi connectivity index (χ4v) is 4.67. The average molecular weight is 359 g/mol. The molecule has 26 heavy (non-hydrogen) atoms. The van der Waals surface area contributed by atoms with Crippen molar-refractivity contribution >= 4 is 6.03 Å². The molecule has 0 saturated carbocycles. The zero-order valence-electron chi connectivity index (χ0n) is 15.4. The molecule has 2 amide bonds. The lowest BCUT2D eigenvalue weighted by atomic mass is 9.78. The molecule has 3 fully saturated rings. The number of carbonyl (C=O) groups excluding carboxylic acids is 1. The fourth-order valence-electron chi connectivity index (χ4n) is 4.67. The molecule has 4 heterocycles. The minimum absolute atomic E-state index is 0.0603. The quantitative estimate of drug-likeness (QED) is 0.829. The number of urea groups is 1. The molecular weight excluding hydrogens is 330 g/mol. The summed E-state index contributed by atoms with van der Waals surface area (Å²) in [6.07, 6.45) is 8.00. The molecule has 3 aliphatic rings. The maximum atomic E-state index is 12.6. The summed E-state index contributed by atoms with van der Waals surface area (Å²) in [5, 5.41) is 0. The molecule has 0 N–H and O–H groups in total. The first kappa shape index (κ1) is 17.6. The Hall–Kier alpha value is -1.82. The van der Waals surface area contributed by atoms with Gasteiger partial charge in [0.1, 0.15) is 0 Å². The molecule has 3 saturated heterocycles. The Morgan fingerprint density at radius 3 is 2.69 bits per heavy atom. The van der Waals surface area contributed by atoms with Crippen LogP contribution in [0, 0.1) is 5.92 Å². The van der Waals surface area contributed by atoms with Gasteiger partial charge in [0.25, 0.3) is 0 Å². The molecule has 1 aromatic heterocycles. The monoisotopic (exact) mass is 359 g/mol. The van der Waals surface area contributed by atoms with Crippen molar-refractivity contribution in [3.8, 4) is 5.88 Å². The number of amides is 2. The van der Waals surface area contributed by atoms with Crippen LogP contribution in [0.1, 0.15) is 38.5 Å². The summed E-state index contributed by atoms with van der Waals surface area (Å²) in [6.45, 7) is 4.96. The minimum Gasteiger partial charge on any atom is -0.478 e. The molecule has 1 spiro atoms. The number of ether oxygens (including phenoxy) is 2. The second-order valence-corrected chi connectivity index (χ2v) is 7.67. The lowest BCUT2D eigenvalue weighted by Gasteiger charge is -2.43. The van der Waals surface area contributed by atoms with Crippen LogP contribution in [-0.4, -0.2) is 65.8 Å². The number of carbonyl (C=O) groups is 1. The van der Waals surface area contributed by atoms with Gasteiger partial charge in [0.15, 0.2) is 0 Å². The molecule has 6 nitrogen and oxygen atoms in total. The Bertz CT molecular complexity index is 596. The second-order valence-electron chi connectivity index (χ2n) is 7.67. The standard InChI is InChI=1S/C20H29N3O3/c24-19(22-11-3-4-12-22)23-13-8-20(9-14-23)17(7-16-26-20)6-15-25-18-5-1-2-10-21-18/h1-2,5,10,17H,3-4,6-9,11-16H2/t17-/m0/s1. The Morgan fingerprint density at radius 1 is 1.19 bits per heavy atom. The highest BCUT2D eigenvalue weighted by molar-refractivity contribution is 5.74. The van der Waals surface area contributed by atoms with E-state index in [4.69, 9.17) is 9.47 Å². The molecule has 1 aromatic rings. The number of hydrogen-bond acceptors (Lipinski definition) is 4. The van der Waals surface area contributed by atoms with Crippen LogP contribution in [0.2, 0.25) is 0 Å². The van der Waals surface area contributed by atoms with Gasteiger partial charge in [0.05, 0.1) is 12.2 Å². The normalized spacial score (nSPS) is 25.0. The van der Waals surface area contributed by atoms with Gasteiger partial charge in [-0.2, -0.15) is 0 Å². The van der Waals surface area contributed by atoms with Gasteiger partial charge >= 0.3 is 6.03 Å². The molecule has 1 atom stereocenters. The number of hydrogen-bond donors (Lipinski definition) is 0. The number of rotatable bonds is 4. The first-order valence-electron chi connectivity index (χ1n) is 9.98. The smallest absolute Gasteiger partial charge is 0.320 e. The second kappa shape index (κ2) is 7.82. The van der Waals surface area contributed by atoms with Gasteiger partial charge in [0, 0.05) is 45.0 Å². The van der Waals surface area contributed by atoms with Gasteiger partial charge < -0.3 is 19.3 Å². The van der Waals surface area contributed by atoms with Crippen molar-refractivity contribution in [1.29, 1.82) is 0 Å². The fraction of sp³-hybridized carbons (Fsp3) is 0.700. The van der Waals surface area contributed by atoms with E-state index in [0.29, 0.717) is 18.4 Å². The zero-order valence-corrected chi connectivity index (χ0v) is 15.4. The van der Waals surface area contributed by atoms with Crippen LogP contribution in [0.3, 0.4) is 0 Å². The number of likely N-dealkylation sites (tertiary alicyclic amines) is 2. The van der Waals surface area contributed by atoms with Crippen LogP contribution in [0.5, 0.6) is 5.88 Å². The molecule has 142 valence electrons.